The first kappa shape index (κ1) is 20.5. The lowest BCUT2D eigenvalue weighted by Crippen LogP contribution is -2.29. The lowest BCUT2D eigenvalue weighted by atomic mass is 9.83. The van der Waals surface area contributed by atoms with Gasteiger partial charge in [-0.3, -0.25) is 4.79 Å². The number of esters is 1. The molecule has 1 aromatic heterocycles. The largest absolute Gasteiger partial charge is 0.504 e. The summed E-state index contributed by atoms with van der Waals surface area (Å²) in [6.45, 7) is 6.59. The summed E-state index contributed by atoms with van der Waals surface area (Å²) in [4.78, 5) is 25.0. The molecule has 1 N–H and O–H groups in total. The second-order valence-electron chi connectivity index (χ2n) is 8.21. The van der Waals surface area contributed by atoms with Gasteiger partial charge in [-0.05, 0) is 30.9 Å². The van der Waals surface area contributed by atoms with Crippen LogP contribution in [0.25, 0.3) is 11.3 Å². The van der Waals surface area contributed by atoms with Gasteiger partial charge in [-0.1, -0.05) is 13.8 Å². The number of hydrogen-bond acceptors (Lipinski definition) is 6. The molecule has 2 unspecified atom stereocenters. The lowest BCUT2D eigenvalue weighted by molar-refractivity contribution is 0.0523. The molecular weight excluding hydrogens is 386 g/mol. The van der Waals surface area contributed by atoms with E-state index in [9.17, 15) is 14.7 Å². The molecule has 0 radical (unpaired) electrons. The van der Waals surface area contributed by atoms with E-state index >= 15 is 0 Å². The molecule has 3 heterocycles. The molecule has 7 nitrogen and oxygen atoms in total. The number of benzene rings is 1. The number of aromatic nitrogens is 1. The molecule has 7 heteroatoms. The maximum Gasteiger partial charge on any atom is 0.343 e. The first-order valence-electron chi connectivity index (χ1n) is 10.3. The summed E-state index contributed by atoms with van der Waals surface area (Å²) < 4.78 is 18.2. The van der Waals surface area contributed by atoms with E-state index in [0.717, 1.165) is 23.1 Å². The Morgan fingerprint density at radius 2 is 2.07 bits per heavy atom. The summed E-state index contributed by atoms with van der Waals surface area (Å²) in [5.74, 6) is 0.214. The van der Waals surface area contributed by atoms with Crippen LogP contribution in [0.2, 0.25) is 0 Å². The molecule has 2 aromatic rings. The zero-order chi connectivity index (χ0) is 21.6. The number of nitrogens with zero attached hydrogens (tertiary/aromatic N) is 1. The van der Waals surface area contributed by atoms with Crippen LogP contribution >= 0.6 is 0 Å². The van der Waals surface area contributed by atoms with Gasteiger partial charge in [0.15, 0.2) is 16.9 Å². The predicted octanol–water partition coefficient (Wildman–Crippen LogP) is 3.10. The number of fused-ring (bicyclic) bond motifs is 5. The number of ether oxygens (including phenoxy) is 3. The molecule has 2 aliphatic heterocycles. The highest BCUT2D eigenvalue weighted by molar-refractivity contribution is 5.89. The van der Waals surface area contributed by atoms with E-state index in [-0.39, 0.29) is 41.4 Å². The highest BCUT2D eigenvalue weighted by Crippen LogP contribution is 2.48. The van der Waals surface area contributed by atoms with Crippen molar-refractivity contribution in [1.29, 1.82) is 0 Å². The van der Waals surface area contributed by atoms with E-state index in [1.165, 1.54) is 6.07 Å². The molecule has 2 aliphatic rings. The maximum absolute atomic E-state index is 12.7. The van der Waals surface area contributed by atoms with Crippen molar-refractivity contribution in [2.24, 2.45) is 5.92 Å². The number of methoxy groups -OCH3 is 1. The summed E-state index contributed by atoms with van der Waals surface area (Å²) >= 11 is 0. The molecule has 160 valence electrons. The molecule has 2 atom stereocenters. The van der Waals surface area contributed by atoms with Crippen molar-refractivity contribution in [3.05, 3.63) is 45.2 Å². The van der Waals surface area contributed by atoms with Crippen LogP contribution in [0.3, 0.4) is 0 Å². The van der Waals surface area contributed by atoms with Gasteiger partial charge in [-0.25, -0.2) is 4.79 Å². The summed E-state index contributed by atoms with van der Waals surface area (Å²) in [6.07, 6.45) is 2.83. The Hall–Kier alpha value is -2.80. The van der Waals surface area contributed by atoms with E-state index in [1.54, 1.807) is 26.3 Å². The summed E-state index contributed by atoms with van der Waals surface area (Å²) in [5.41, 5.74) is 3.21. The second kappa shape index (κ2) is 7.80. The number of phenolic OH excluding ortho intramolecular Hbond substituents is 1. The highest BCUT2D eigenvalue weighted by atomic mass is 16.5. The summed E-state index contributed by atoms with van der Waals surface area (Å²) in [6, 6.07) is 3.19. The zero-order valence-corrected chi connectivity index (χ0v) is 17.7. The standard InChI is InChI=1S/C23H27NO6/c1-5-29-23(27)17-10-24-18(12(2)3)7-14-15(19(24)9-20(17)25)8-21(26)22-16(14)6-13(30-22)11-28-4/h8-10,12-13,18,26H,5-7,11H2,1-4H3. The normalized spacial score (nSPS) is 19.1. The molecule has 0 saturated carbocycles. The SMILES string of the molecule is CCOC(=O)c1cn2c(cc1=O)-c1cc(O)c3c(c1CC2C(C)C)CC(COC)O3. The van der Waals surface area contributed by atoms with Crippen molar-refractivity contribution in [2.45, 2.75) is 45.8 Å². The molecule has 1 aromatic carbocycles. The number of pyridine rings is 1. The van der Waals surface area contributed by atoms with Gasteiger partial charge in [-0.2, -0.15) is 0 Å². The van der Waals surface area contributed by atoms with Crippen molar-refractivity contribution >= 4 is 5.97 Å². The maximum atomic E-state index is 12.7. The molecule has 4 rings (SSSR count). The third-order valence-corrected chi connectivity index (χ3v) is 5.94. The fourth-order valence-corrected chi connectivity index (χ4v) is 4.53. The molecule has 0 spiro atoms. The van der Waals surface area contributed by atoms with E-state index in [2.05, 4.69) is 13.8 Å². The van der Waals surface area contributed by atoms with Crippen LogP contribution in [-0.4, -0.2) is 42.1 Å². The van der Waals surface area contributed by atoms with Gasteiger partial charge >= 0.3 is 5.97 Å². The first-order valence-corrected chi connectivity index (χ1v) is 10.3. The van der Waals surface area contributed by atoms with Gasteiger partial charge < -0.3 is 23.9 Å². The van der Waals surface area contributed by atoms with Crippen LogP contribution in [0.4, 0.5) is 0 Å². The zero-order valence-electron chi connectivity index (χ0n) is 17.7. The number of carbonyl (C=O) groups excluding carboxylic acids is 1. The third-order valence-electron chi connectivity index (χ3n) is 5.94. The third kappa shape index (κ3) is 3.27. The Labute approximate surface area is 175 Å². The number of carbonyl (C=O) groups is 1. The molecule has 0 bridgehead atoms. The highest BCUT2D eigenvalue weighted by Gasteiger charge is 2.35. The van der Waals surface area contributed by atoms with Crippen molar-refractivity contribution in [2.75, 3.05) is 20.3 Å². The van der Waals surface area contributed by atoms with Gasteiger partial charge in [0.2, 0.25) is 0 Å². The van der Waals surface area contributed by atoms with Gasteiger partial charge in [-0.15, -0.1) is 0 Å². The second-order valence-corrected chi connectivity index (χ2v) is 8.21. The molecule has 0 amide bonds. The van der Waals surface area contributed by atoms with Gasteiger partial charge in [0.25, 0.3) is 0 Å². The molecular formula is C23H27NO6. The van der Waals surface area contributed by atoms with E-state index in [4.69, 9.17) is 14.2 Å². The quantitative estimate of drug-likeness (QED) is 0.758. The average molecular weight is 413 g/mol. The Morgan fingerprint density at radius 3 is 2.73 bits per heavy atom. The topological polar surface area (TPSA) is 87.0 Å². The first-order chi connectivity index (χ1) is 14.3. The van der Waals surface area contributed by atoms with Crippen LogP contribution in [0.15, 0.2) is 23.1 Å². The van der Waals surface area contributed by atoms with E-state index < -0.39 is 5.97 Å². The van der Waals surface area contributed by atoms with Crippen molar-refractivity contribution < 1.29 is 24.1 Å². The van der Waals surface area contributed by atoms with Gasteiger partial charge in [0, 0.05) is 43.0 Å². The number of phenols is 1. The smallest absolute Gasteiger partial charge is 0.343 e. The van der Waals surface area contributed by atoms with Crippen LogP contribution in [0.1, 0.15) is 48.3 Å². The number of aromatic hydroxyl groups is 1. The average Bonchev–Trinajstić information content (AvgIpc) is 3.12. The molecule has 0 fully saturated rings. The molecule has 0 aliphatic carbocycles. The fourth-order valence-electron chi connectivity index (χ4n) is 4.53. The number of hydrogen-bond donors (Lipinski definition) is 1. The Kier molecular flexibility index (Phi) is 5.32. The van der Waals surface area contributed by atoms with Crippen molar-refractivity contribution in [3.8, 4) is 22.8 Å². The van der Waals surface area contributed by atoms with Crippen molar-refractivity contribution in [3.63, 3.8) is 0 Å². The minimum absolute atomic E-state index is 0.0311. The Morgan fingerprint density at radius 1 is 1.30 bits per heavy atom. The fraction of sp³-hybridized carbons (Fsp3) is 0.478. The van der Waals surface area contributed by atoms with Crippen molar-refractivity contribution in [1.82, 2.24) is 4.57 Å². The van der Waals surface area contributed by atoms with Gasteiger partial charge in [0.05, 0.1) is 18.9 Å². The number of rotatable bonds is 5. The Balaban J connectivity index is 1.90. The predicted molar refractivity (Wildman–Crippen MR) is 111 cm³/mol. The van der Waals surface area contributed by atoms with Gasteiger partial charge in [0.1, 0.15) is 11.7 Å². The van der Waals surface area contributed by atoms with E-state index in [0.29, 0.717) is 24.5 Å². The van der Waals surface area contributed by atoms with Crippen LogP contribution < -0.4 is 10.2 Å². The lowest BCUT2D eigenvalue weighted by Gasteiger charge is -2.34. The summed E-state index contributed by atoms with van der Waals surface area (Å²) in [7, 11) is 1.63. The minimum Gasteiger partial charge on any atom is -0.504 e. The van der Waals surface area contributed by atoms with Crippen LogP contribution in [0.5, 0.6) is 11.5 Å². The monoisotopic (exact) mass is 413 g/mol. The summed E-state index contributed by atoms with van der Waals surface area (Å²) in [5, 5.41) is 10.6. The van der Waals surface area contributed by atoms with Crippen LogP contribution in [0, 0.1) is 5.92 Å². The minimum atomic E-state index is -0.612. The molecule has 30 heavy (non-hydrogen) atoms. The molecule has 0 saturated heterocycles. The van der Waals surface area contributed by atoms with E-state index in [1.807, 2.05) is 4.57 Å². The van der Waals surface area contributed by atoms with Crippen LogP contribution in [-0.2, 0) is 22.3 Å². The Bertz CT molecular complexity index is 1050.